The van der Waals surface area contributed by atoms with Gasteiger partial charge in [-0.3, -0.25) is 9.36 Å². The molecular weight excluding hydrogens is 614 g/mol. The van der Waals surface area contributed by atoms with Crippen molar-refractivity contribution in [1.82, 2.24) is 14.5 Å². The van der Waals surface area contributed by atoms with Gasteiger partial charge >= 0.3 is 5.97 Å². The topological polar surface area (TPSA) is 103 Å². The van der Waals surface area contributed by atoms with Crippen molar-refractivity contribution < 1.29 is 13.9 Å². The van der Waals surface area contributed by atoms with Gasteiger partial charge < -0.3 is 14.1 Å². The quantitative estimate of drug-likeness (QED) is 0.216. The van der Waals surface area contributed by atoms with Gasteiger partial charge in [-0.1, -0.05) is 23.5 Å². The van der Waals surface area contributed by atoms with Crippen LogP contribution in [0.1, 0.15) is 36.9 Å². The largest absolute Gasteiger partial charge is 0.463 e. The summed E-state index contributed by atoms with van der Waals surface area (Å²) in [6.07, 6.45) is 3.38. The zero-order chi connectivity index (χ0) is 28.6. The van der Waals surface area contributed by atoms with E-state index in [9.17, 15) is 9.59 Å². The fourth-order valence-electron chi connectivity index (χ4n) is 4.26. The molecule has 9 nitrogen and oxygen atoms in total. The predicted octanol–water partition coefficient (Wildman–Crippen LogP) is 4.47. The molecular formula is C28H26BrN5O4S2. The van der Waals surface area contributed by atoms with Gasteiger partial charge in [0.25, 0.3) is 5.56 Å². The van der Waals surface area contributed by atoms with Gasteiger partial charge in [0, 0.05) is 37.7 Å². The van der Waals surface area contributed by atoms with E-state index in [1.54, 1.807) is 36.8 Å². The van der Waals surface area contributed by atoms with E-state index in [1.165, 1.54) is 23.1 Å². The lowest BCUT2D eigenvalue weighted by molar-refractivity contribution is -0.139. The van der Waals surface area contributed by atoms with Gasteiger partial charge in [-0.05, 0) is 78.3 Å². The molecule has 0 N–H and O–H groups in total. The Morgan fingerprint density at radius 3 is 2.67 bits per heavy atom. The van der Waals surface area contributed by atoms with Crippen molar-refractivity contribution in [2.45, 2.75) is 37.1 Å². The van der Waals surface area contributed by atoms with E-state index in [-0.39, 0.29) is 12.2 Å². The summed E-state index contributed by atoms with van der Waals surface area (Å²) in [5.41, 5.74) is 3.23. The van der Waals surface area contributed by atoms with Gasteiger partial charge in [0.2, 0.25) is 0 Å². The standard InChI is InChI=1S/C28H26BrN5O4S2/c1-6-37-25(36)22-16(3)32-28-34(23(22)17-7-9-18(10-8-17)33(4)5)24(35)21(39-28)14-19-13-20(29)26(38-19)40-27-30-12-11-15(2)31-27/h7-14,23H,6H2,1-5H3/b21-14+/t23-/m1/s1. The summed E-state index contributed by atoms with van der Waals surface area (Å²) in [6, 6.07) is 10.7. The van der Waals surface area contributed by atoms with Crippen molar-refractivity contribution in [3.63, 3.8) is 0 Å². The molecule has 0 unspecified atom stereocenters. The Balaban J connectivity index is 1.60. The Labute approximate surface area is 247 Å². The average Bonchev–Trinajstić information content (AvgIpc) is 3.41. The van der Waals surface area contributed by atoms with Crippen molar-refractivity contribution in [3.05, 3.63) is 95.0 Å². The number of benzene rings is 1. The third-order valence-corrected chi connectivity index (χ3v) is 8.85. The maximum Gasteiger partial charge on any atom is 0.338 e. The second kappa shape index (κ2) is 11.6. The van der Waals surface area contributed by atoms with E-state index in [0.29, 0.717) is 36.6 Å². The molecule has 0 bridgehead atoms. The number of rotatable bonds is 7. The number of esters is 1. The Hall–Kier alpha value is -3.48. The van der Waals surface area contributed by atoms with Gasteiger partial charge in [-0.25, -0.2) is 19.8 Å². The maximum absolute atomic E-state index is 13.9. The number of nitrogens with zero attached hydrogens (tertiary/aromatic N) is 5. The highest BCUT2D eigenvalue weighted by Crippen LogP contribution is 2.35. The van der Waals surface area contributed by atoms with Gasteiger partial charge in [-0.15, -0.1) is 0 Å². The predicted molar refractivity (Wildman–Crippen MR) is 158 cm³/mol. The second-order valence-corrected chi connectivity index (χ2v) is 12.0. The van der Waals surface area contributed by atoms with Crippen LogP contribution in [0.15, 0.2) is 82.8 Å². The third-order valence-electron chi connectivity index (χ3n) is 6.15. The van der Waals surface area contributed by atoms with Crippen molar-refractivity contribution >= 4 is 56.8 Å². The number of aryl methyl sites for hydroxylation is 1. The van der Waals surface area contributed by atoms with Crippen LogP contribution in [0.5, 0.6) is 0 Å². The summed E-state index contributed by atoms with van der Waals surface area (Å²) in [6.45, 7) is 5.63. The van der Waals surface area contributed by atoms with Crippen molar-refractivity contribution in [1.29, 1.82) is 0 Å². The number of hydrogen-bond donors (Lipinski definition) is 0. The third kappa shape index (κ3) is 5.56. The maximum atomic E-state index is 13.9. The Bertz CT molecular complexity index is 1810. The normalized spacial score (nSPS) is 15.2. The molecule has 0 saturated carbocycles. The van der Waals surface area contributed by atoms with Crippen molar-refractivity contribution in [3.8, 4) is 0 Å². The Morgan fingerprint density at radius 2 is 2.00 bits per heavy atom. The lowest BCUT2D eigenvalue weighted by Crippen LogP contribution is -2.39. The molecule has 206 valence electrons. The summed E-state index contributed by atoms with van der Waals surface area (Å²) in [5, 5.41) is 1.13. The van der Waals surface area contributed by atoms with Crippen LogP contribution >= 0.6 is 39.0 Å². The first kappa shape index (κ1) is 28.1. The molecule has 0 amide bonds. The van der Waals surface area contributed by atoms with E-state index in [4.69, 9.17) is 9.15 Å². The number of thiazole rings is 1. The van der Waals surface area contributed by atoms with E-state index in [1.807, 2.05) is 56.3 Å². The van der Waals surface area contributed by atoms with Crippen LogP contribution in [0.2, 0.25) is 0 Å². The number of furan rings is 1. The van der Waals surface area contributed by atoms with Crippen LogP contribution in [-0.2, 0) is 9.53 Å². The SMILES string of the molecule is CCOC(=O)C1=C(C)N=c2s/c(=C/c3cc(Br)c(Sc4nccc(C)n4)o3)c(=O)n2[C@@H]1c1ccc(N(C)C)cc1. The van der Waals surface area contributed by atoms with Crippen LogP contribution in [0.3, 0.4) is 0 Å². The molecule has 1 atom stereocenters. The van der Waals surface area contributed by atoms with Crippen LogP contribution < -0.4 is 19.8 Å². The second-order valence-electron chi connectivity index (χ2n) is 9.16. The molecule has 4 aromatic rings. The number of fused-ring (bicyclic) bond motifs is 1. The monoisotopic (exact) mass is 639 g/mol. The smallest absolute Gasteiger partial charge is 0.338 e. The fourth-order valence-corrected chi connectivity index (χ4v) is 6.60. The number of carbonyl (C=O) groups is 1. The summed E-state index contributed by atoms with van der Waals surface area (Å²) in [7, 11) is 3.91. The summed E-state index contributed by atoms with van der Waals surface area (Å²) >= 11 is 6.06. The van der Waals surface area contributed by atoms with Gasteiger partial charge in [-0.2, -0.15) is 0 Å². The summed E-state index contributed by atoms with van der Waals surface area (Å²) < 4.78 is 14.1. The molecule has 0 aliphatic carbocycles. The molecule has 1 aromatic carbocycles. The minimum absolute atomic E-state index is 0.216. The molecule has 5 rings (SSSR count). The summed E-state index contributed by atoms with van der Waals surface area (Å²) in [5.74, 6) is -0.00442. The number of anilines is 1. The van der Waals surface area contributed by atoms with Crippen molar-refractivity contribution in [2.75, 3.05) is 25.6 Å². The van der Waals surface area contributed by atoms with Crippen LogP contribution in [-0.4, -0.2) is 41.2 Å². The molecule has 0 saturated heterocycles. The highest BCUT2D eigenvalue weighted by atomic mass is 79.9. The van der Waals surface area contributed by atoms with Gasteiger partial charge in [0.05, 0.1) is 32.9 Å². The molecule has 3 aromatic heterocycles. The first-order valence-electron chi connectivity index (χ1n) is 12.4. The van der Waals surface area contributed by atoms with Crippen LogP contribution in [0, 0.1) is 6.92 Å². The summed E-state index contributed by atoms with van der Waals surface area (Å²) in [4.78, 5) is 42.7. The first-order valence-corrected chi connectivity index (χ1v) is 14.8. The molecule has 40 heavy (non-hydrogen) atoms. The number of aromatic nitrogens is 3. The van der Waals surface area contributed by atoms with E-state index in [0.717, 1.165) is 21.4 Å². The number of carbonyl (C=O) groups excluding carboxylic acids is 1. The number of halogens is 1. The van der Waals surface area contributed by atoms with E-state index >= 15 is 0 Å². The molecule has 0 fully saturated rings. The van der Waals surface area contributed by atoms with Crippen LogP contribution in [0.4, 0.5) is 5.69 Å². The molecule has 0 spiro atoms. The van der Waals surface area contributed by atoms with Crippen LogP contribution in [0.25, 0.3) is 6.08 Å². The lowest BCUT2D eigenvalue weighted by Gasteiger charge is -2.25. The average molecular weight is 641 g/mol. The molecule has 1 aliphatic heterocycles. The fraction of sp³-hybridized carbons (Fsp3) is 0.250. The Kier molecular flexibility index (Phi) is 8.11. The number of allylic oxidation sites excluding steroid dienone is 1. The molecule has 0 radical (unpaired) electrons. The molecule has 1 aliphatic rings. The number of ether oxygens (including phenoxy) is 1. The zero-order valence-electron chi connectivity index (χ0n) is 22.5. The lowest BCUT2D eigenvalue weighted by atomic mass is 9.95. The molecule has 12 heteroatoms. The minimum Gasteiger partial charge on any atom is -0.463 e. The minimum atomic E-state index is -0.679. The van der Waals surface area contributed by atoms with E-state index < -0.39 is 12.0 Å². The van der Waals surface area contributed by atoms with Gasteiger partial charge in [0.15, 0.2) is 15.1 Å². The zero-order valence-corrected chi connectivity index (χ0v) is 25.7. The van der Waals surface area contributed by atoms with Crippen molar-refractivity contribution in [2.24, 2.45) is 4.99 Å². The van der Waals surface area contributed by atoms with Gasteiger partial charge in [0.1, 0.15) is 5.76 Å². The highest BCUT2D eigenvalue weighted by molar-refractivity contribution is 9.10. The first-order chi connectivity index (χ1) is 19.2. The highest BCUT2D eigenvalue weighted by Gasteiger charge is 2.33. The Morgan fingerprint density at radius 1 is 1.25 bits per heavy atom. The number of hydrogen-bond acceptors (Lipinski definition) is 10. The molecule has 4 heterocycles. The van der Waals surface area contributed by atoms with E-state index in [2.05, 4.69) is 30.9 Å².